The van der Waals surface area contributed by atoms with E-state index >= 15 is 0 Å². The molecule has 0 fully saturated rings. The molecule has 0 aliphatic carbocycles. The van der Waals surface area contributed by atoms with Crippen LogP contribution in [0.5, 0.6) is 11.5 Å². The fourth-order valence-corrected chi connectivity index (χ4v) is 2.53. The van der Waals surface area contributed by atoms with E-state index in [1.165, 1.54) is 11.1 Å². The number of aryl methyl sites for hydroxylation is 1. The molecule has 5 nitrogen and oxygen atoms in total. The molecule has 0 aromatic heterocycles. The SMILES string of the molecule is CCCCOCCOCCOCc1cc2c(cc1CCC)OCO2.[Sb].[Zn]. The van der Waals surface area contributed by atoms with Gasteiger partial charge in [0.2, 0.25) is 6.79 Å². The molecule has 7 heteroatoms. The molecule has 143 valence electrons. The third-order valence-electron chi connectivity index (χ3n) is 3.86. The molecule has 0 spiro atoms. The van der Waals surface area contributed by atoms with Gasteiger partial charge in [-0.15, -0.1) is 0 Å². The molecule has 3 radical (unpaired) electrons. The number of hydrogen-bond donors (Lipinski definition) is 0. The van der Waals surface area contributed by atoms with Crippen LogP contribution >= 0.6 is 0 Å². The van der Waals surface area contributed by atoms with E-state index in [1.54, 1.807) is 0 Å². The molecule has 0 saturated carbocycles. The molecule has 0 amide bonds. The molecule has 0 saturated heterocycles. The fourth-order valence-electron chi connectivity index (χ4n) is 2.53. The van der Waals surface area contributed by atoms with E-state index in [1.807, 2.05) is 6.07 Å². The van der Waals surface area contributed by atoms with E-state index in [0.29, 0.717) is 39.8 Å². The van der Waals surface area contributed by atoms with Crippen molar-refractivity contribution < 1.29 is 43.2 Å². The van der Waals surface area contributed by atoms with Crippen LogP contribution in [-0.2, 0) is 46.7 Å². The topological polar surface area (TPSA) is 46.2 Å². The molecule has 0 bridgehead atoms. The van der Waals surface area contributed by atoms with Gasteiger partial charge < -0.3 is 23.7 Å². The number of ether oxygens (including phenoxy) is 5. The Morgan fingerprint density at radius 1 is 0.808 bits per heavy atom. The molecule has 2 rings (SSSR count). The first-order valence-electron chi connectivity index (χ1n) is 8.99. The summed E-state index contributed by atoms with van der Waals surface area (Å²) in [5.41, 5.74) is 2.44. The number of benzene rings is 1. The average molecular weight is 526 g/mol. The Morgan fingerprint density at radius 3 is 2.00 bits per heavy atom. The van der Waals surface area contributed by atoms with Crippen molar-refractivity contribution in [1.82, 2.24) is 0 Å². The molecular weight excluding hydrogens is 495 g/mol. The molecule has 26 heavy (non-hydrogen) atoms. The Morgan fingerprint density at radius 2 is 1.38 bits per heavy atom. The minimum atomic E-state index is 0. The number of unbranched alkanes of at least 4 members (excludes halogenated alkanes) is 1. The summed E-state index contributed by atoms with van der Waals surface area (Å²) in [4.78, 5) is 0. The molecule has 1 aliphatic rings. The van der Waals surface area contributed by atoms with Crippen LogP contribution in [0.3, 0.4) is 0 Å². The van der Waals surface area contributed by atoms with Gasteiger partial charge in [0.1, 0.15) is 0 Å². The predicted octanol–water partition coefficient (Wildman–Crippen LogP) is 3.33. The second-order valence-electron chi connectivity index (χ2n) is 5.86. The van der Waals surface area contributed by atoms with Crippen molar-refractivity contribution >= 4 is 24.4 Å². The molecule has 1 heterocycles. The Hall–Kier alpha value is 0.142. The summed E-state index contributed by atoms with van der Waals surface area (Å²) in [6.07, 6.45) is 4.38. The average Bonchev–Trinajstić information content (AvgIpc) is 3.04. The summed E-state index contributed by atoms with van der Waals surface area (Å²) in [6.45, 7) is 8.47. The van der Waals surface area contributed by atoms with Gasteiger partial charge in [0.15, 0.2) is 11.5 Å². The van der Waals surface area contributed by atoms with Gasteiger partial charge in [-0.05, 0) is 36.1 Å². The summed E-state index contributed by atoms with van der Waals surface area (Å²) >= 11 is 0. The first kappa shape index (κ1) is 26.1. The summed E-state index contributed by atoms with van der Waals surface area (Å²) in [5.74, 6) is 1.66. The smallest absolute Gasteiger partial charge is 0.231 e. The van der Waals surface area contributed by atoms with Crippen LogP contribution in [0.2, 0.25) is 0 Å². The fraction of sp³-hybridized carbons (Fsp3) is 0.684. The van der Waals surface area contributed by atoms with Crippen LogP contribution in [0.1, 0.15) is 44.2 Å². The van der Waals surface area contributed by atoms with Crippen molar-refractivity contribution in [2.45, 2.75) is 46.1 Å². The van der Waals surface area contributed by atoms with Crippen LogP contribution in [0.4, 0.5) is 0 Å². The van der Waals surface area contributed by atoms with Gasteiger partial charge in [0.25, 0.3) is 0 Å². The Balaban J connectivity index is 0.00000312. The number of rotatable bonds is 13. The maximum Gasteiger partial charge on any atom is 0.231 e. The van der Waals surface area contributed by atoms with Crippen molar-refractivity contribution in [2.75, 3.05) is 39.8 Å². The van der Waals surface area contributed by atoms with E-state index in [2.05, 4.69) is 19.9 Å². The standard InChI is InChI=1S/C19H30O5.Sb.Zn/c1-3-5-7-20-8-9-21-10-11-22-14-17-13-19-18(23-15-24-19)12-16(17)6-4-2;;/h12-13H,3-11,14-15H2,1-2H3;;. The van der Waals surface area contributed by atoms with Gasteiger partial charge in [-0.1, -0.05) is 26.7 Å². The summed E-state index contributed by atoms with van der Waals surface area (Å²) in [5, 5.41) is 0. The Labute approximate surface area is 187 Å². The zero-order chi connectivity index (χ0) is 17.0. The van der Waals surface area contributed by atoms with Crippen LogP contribution < -0.4 is 9.47 Å². The van der Waals surface area contributed by atoms with Crippen molar-refractivity contribution in [3.8, 4) is 11.5 Å². The molecule has 0 atom stereocenters. The van der Waals surface area contributed by atoms with Crippen LogP contribution in [0.25, 0.3) is 0 Å². The van der Waals surface area contributed by atoms with Crippen LogP contribution in [0, 0.1) is 0 Å². The predicted molar refractivity (Wildman–Crippen MR) is 98.5 cm³/mol. The largest absolute Gasteiger partial charge is 0.454 e. The number of hydrogen-bond acceptors (Lipinski definition) is 5. The van der Waals surface area contributed by atoms with E-state index in [9.17, 15) is 0 Å². The van der Waals surface area contributed by atoms with Gasteiger partial charge >= 0.3 is 0 Å². The van der Waals surface area contributed by atoms with Gasteiger partial charge in [0, 0.05) is 50.5 Å². The van der Waals surface area contributed by atoms with Gasteiger partial charge in [-0.2, -0.15) is 0 Å². The molecular formula is C19H30O5SbZn. The summed E-state index contributed by atoms with van der Waals surface area (Å²) in [6, 6.07) is 4.12. The summed E-state index contributed by atoms with van der Waals surface area (Å²) in [7, 11) is 0. The number of fused-ring (bicyclic) bond motifs is 1. The van der Waals surface area contributed by atoms with Crippen LogP contribution in [0.15, 0.2) is 12.1 Å². The zero-order valence-corrected chi connectivity index (χ0v) is 21.6. The molecule has 0 unspecified atom stereocenters. The Bertz CT molecular complexity index is 487. The maximum atomic E-state index is 5.75. The molecule has 0 N–H and O–H groups in total. The van der Waals surface area contributed by atoms with Gasteiger partial charge in [-0.3, -0.25) is 0 Å². The van der Waals surface area contributed by atoms with Crippen LogP contribution in [-0.4, -0.2) is 64.3 Å². The minimum Gasteiger partial charge on any atom is -0.454 e. The van der Waals surface area contributed by atoms with E-state index in [-0.39, 0.29) is 43.9 Å². The van der Waals surface area contributed by atoms with E-state index < -0.39 is 0 Å². The van der Waals surface area contributed by atoms with Crippen molar-refractivity contribution in [2.24, 2.45) is 0 Å². The molecule has 1 aromatic rings. The third-order valence-corrected chi connectivity index (χ3v) is 3.86. The Kier molecular flexibility index (Phi) is 16.2. The van der Waals surface area contributed by atoms with E-state index in [0.717, 1.165) is 43.8 Å². The maximum absolute atomic E-state index is 5.75. The van der Waals surface area contributed by atoms with Crippen molar-refractivity contribution in [3.63, 3.8) is 0 Å². The molecule has 1 aromatic carbocycles. The zero-order valence-electron chi connectivity index (χ0n) is 16.1. The molecule has 1 aliphatic heterocycles. The minimum absolute atomic E-state index is 0. The van der Waals surface area contributed by atoms with Crippen molar-refractivity contribution in [3.05, 3.63) is 23.3 Å². The van der Waals surface area contributed by atoms with Gasteiger partial charge in [-0.25, -0.2) is 0 Å². The first-order valence-corrected chi connectivity index (χ1v) is 8.99. The first-order chi connectivity index (χ1) is 11.8. The van der Waals surface area contributed by atoms with Crippen molar-refractivity contribution in [1.29, 1.82) is 0 Å². The monoisotopic (exact) mass is 523 g/mol. The second kappa shape index (κ2) is 16.1. The second-order valence-corrected chi connectivity index (χ2v) is 5.86. The normalized spacial score (nSPS) is 11.8. The van der Waals surface area contributed by atoms with E-state index in [4.69, 9.17) is 23.7 Å². The summed E-state index contributed by atoms with van der Waals surface area (Å²) < 4.78 is 27.6. The quantitative estimate of drug-likeness (QED) is 0.292. The van der Waals surface area contributed by atoms with Gasteiger partial charge in [0.05, 0.1) is 33.0 Å². The third kappa shape index (κ3) is 9.37.